The number of amides is 1. The summed E-state index contributed by atoms with van der Waals surface area (Å²) in [4.78, 5) is 53.6. The molecule has 0 spiro atoms. The number of anilines is 1. The van der Waals surface area contributed by atoms with Crippen molar-refractivity contribution in [2.45, 2.75) is 39.5 Å². The van der Waals surface area contributed by atoms with E-state index < -0.39 is 28.7 Å². The number of nitrogens with one attached hydrogen (secondary N) is 1. The molecule has 0 fully saturated rings. The number of carbonyl (C=O) groups is 3. The number of non-ortho nitro benzene ring substituents is 1. The molecule has 200 valence electrons. The van der Waals surface area contributed by atoms with Gasteiger partial charge in [-0.3, -0.25) is 24.7 Å². The second-order valence-corrected chi connectivity index (χ2v) is 8.65. The summed E-state index contributed by atoms with van der Waals surface area (Å²) < 4.78 is 10.7. The van der Waals surface area contributed by atoms with Gasteiger partial charge in [0.25, 0.3) is 5.69 Å². The Morgan fingerprint density at radius 1 is 1.11 bits per heavy atom. The number of nitro benzene ring substituents is 1. The van der Waals surface area contributed by atoms with E-state index in [2.05, 4.69) is 10.3 Å². The van der Waals surface area contributed by atoms with Crippen molar-refractivity contribution in [2.24, 2.45) is 10.9 Å². The lowest BCUT2D eigenvalue weighted by atomic mass is 9.75. The minimum absolute atomic E-state index is 0.0726. The predicted molar refractivity (Wildman–Crippen MR) is 139 cm³/mol. The van der Waals surface area contributed by atoms with Crippen molar-refractivity contribution >= 4 is 34.9 Å². The summed E-state index contributed by atoms with van der Waals surface area (Å²) in [5.74, 6) is -3.43. The van der Waals surface area contributed by atoms with Gasteiger partial charge in [-0.25, -0.2) is 4.79 Å². The molecule has 1 aliphatic rings. The van der Waals surface area contributed by atoms with E-state index in [1.54, 1.807) is 39.0 Å². The molecule has 3 rings (SSSR count). The van der Waals surface area contributed by atoms with Crippen LogP contribution in [0.25, 0.3) is 0 Å². The molecule has 0 saturated carbocycles. The molecule has 1 amide bonds. The number of aromatic hydroxyl groups is 1. The van der Waals surface area contributed by atoms with E-state index in [0.29, 0.717) is 22.7 Å². The second kappa shape index (κ2) is 12.6. The summed E-state index contributed by atoms with van der Waals surface area (Å²) in [6.07, 6.45) is 0.302. The van der Waals surface area contributed by atoms with Crippen LogP contribution in [0.4, 0.5) is 11.4 Å². The summed E-state index contributed by atoms with van der Waals surface area (Å²) in [5, 5.41) is 23.4. The van der Waals surface area contributed by atoms with Crippen molar-refractivity contribution in [3.05, 3.63) is 75.5 Å². The average Bonchev–Trinajstić information content (AvgIpc) is 2.87. The molecule has 0 aliphatic carbocycles. The van der Waals surface area contributed by atoms with Crippen molar-refractivity contribution in [2.75, 3.05) is 18.5 Å². The number of ether oxygens (including phenoxy) is 2. The first-order valence-corrected chi connectivity index (χ1v) is 12.0. The molecule has 0 saturated heterocycles. The third-order valence-corrected chi connectivity index (χ3v) is 5.96. The van der Waals surface area contributed by atoms with E-state index >= 15 is 0 Å². The molecule has 11 nitrogen and oxygen atoms in total. The van der Waals surface area contributed by atoms with Gasteiger partial charge in [0.2, 0.25) is 5.91 Å². The Labute approximate surface area is 219 Å². The molecule has 2 aromatic rings. The molecule has 2 N–H and O–H groups in total. The SMILES string of the molecule is CCOC(=O)C1C(C)=NC(C)=C(C(=O)OCCCC(=O)Nc2ccc(O)cc2)C1c1cccc([N+](=O)[O-])c1. The van der Waals surface area contributed by atoms with Crippen LogP contribution >= 0.6 is 0 Å². The number of nitro groups is 1. The fourth-order valence-electron chi connectivity index (χ4n) is 4.28. The third kappa shape index (κ3) is 6.81. The highest BCUT2D eigenvalue weighted by Crippen LogP contribution is 2.41. The van der Waals surface area contributed by atoms with Crippen molar-refractivity contribution in [3.63, 3.8) is 0 Å². The molecule has 0 aromatic heterocycles. The molecular formula is C27H29N3O8. The van der Waals surface area contributed by atoms with Crippen molar-refractivity contribution in [3.8, 4) is 5.75 Å². The number of aliphatic imine (C=N–C) groups is 1. The Kier molecular flexibility index (Phi) is 9.31. The monoisotopic (exact) mass is 523 g/mol. The Balaban J connectivity index is 1.77. The number of benzene rings is 2. The van der Waals surface area contributed by atoms with Crippen molar-refractivity contribution in [1.82, 2.24) is 0 Å². The van der Waals surface area contributed by atoms with E-state index in [-0.39, 0.29) is 49.0 Å². The smallest absolute Gasteiger partial charge is 0.336 e. The molecule has 0 radical (unpaired) electrons. The molecule has 38 heavy (non-hydrogen) atoms. The van der Waals surface area contributed by atoms with E-state index in [9.17, 15) is 29.6 Å². The lowest BCUT2D eigenvalue weighted by Crippen LogP contribution is -2.36. The number of allylic oxidation sites excluding steroid dienone is 1. The topological polar surface area (TPSA) is 157 Å². The number of rotatable bonds is 10. The number of phenols is 1. The molecule has 1 heterocycles. The third-order valence-electron chi connectivity index (χ3n) is 5.96. The maximum Gasteiger partial charge on any atom is 0.336 e. The average molecular weight is 524 g/mol. The fourth-order valence-corrected chi connectivity index (χ4v) is 4.28. The summed E-state index contributed by atoms with van der Waals surface area (Å²) in [6.45, 7) is 4.94. The first-order valence-electron chi connectivity index (χ1n) is 12.0. The summed E-state index contributed by atoms with van der Waals surface area (Å²) in [7, 11) is 0. The van der Waals surface area contributed by atoms with Gasteiger partial charge < -0.3 is 19.9 Å². The fraction of sp³-hybridized carbons (Fsp3) is 0.333. The van der Waals surface area contributed by atoms with Gasteiger partial charge in [-0.15, -0.1) is 0 Å². The lowest BCUT2D eigenvalue weighted by molar-refractivity contribution is -0.384. The van der Waals surface area contributed by atoms with E-state index in [1.807, 2.05) is 0 Å². The van der Waals surface area contributed by atoms with Crippen molar-refractivity contribution in [1.29, 1.82) is 0 Å². The summed E-state index contributed by atoms with van der Waals surface area (Å²) >= 11 is 0. The van der Waals surface area contributed by atoms with Crippen LogP contribution in [-0.2, 0) is 23.9 Å². The number of phenolic OH excluding ortho intramolecular Hbond substituents is 1. The zero-order chi connectivity index (χ0) is 27.8. The van der Waals surface area contributed by atoms with Crippen LogP contribution in [0.3, 0.4) is 0 Å². The normalized spacial score (nSPS) is 16.9. The van der Waals surface area contributed by atoms with Gasteiger partial charge >= 0.3 is 11.9 Å². The van der Waals surface area contributed by atoms with Crippen LogP contribution < -0.4 is 5.32 Å². The van der Waals surface area contributed by atoms with Crippen LogP contribution in [0.5, 0.6) is 5.75 Å². The first kappa shape index (κ1) is 28.0. The van der Waals surface area contributed by atoms with Crippen LogP contribution in [0.2, 0.25) is 0 Å². The van der Waals surface area contributed by atoms with Gasteiger partial charge in [-0.2, -0.15) is 0 Å². The molecule has 11 heteroatoms. The van der Waals surface area contributed by atoms with E-state index in [0.717, 1.165) is 0 Å². The standard InChI is InChI=1S/C27H29N3O8/c1-4-37-26(33)23-16(2)28-17(3)24(25(23)18-7-5-8-20(15-18)30(35)36)27(34)38-14-6-9-22(32)29-19-10-12-21(31)13-11-19/h5,7-8,10-13,15,23,25,31H,4,6,9,14H2,1-3H3,(H,29,32). The molecule has 1 aliphatic heterocycles. The molecular weight excluding hydrogens is 494 g/mol. The summed E-state index contributed by atoms with van der Waals surface area (Å²) in [5.41, 5.74) is 1.56. The Bertz CT molecular complexity index is 1280. The second-order valence-electron chi connectivity index (χ2n) is 8.65. The molecule has 2 unspecified atom stereocenters. The minimum atomic E-state index is -0.973. The number of hydrogen-bond donors (Lipinski definition) is 2. The summed E-state index contributed by atoms with van der Waals surface area (Å²) in [6, 6.07) is 11.8. The maximum absolute atomic E-state index is 13.3. The zero-order valence-electron chi connectivity index (χ0n) is 21.3. The van der Waals surface area contributed by atoms with Gasteiger partial charge in [0.05, 0.1) is 23.7 Å². The van der Waals surface area contributed by atoms with Crippen LogP contribution in [0, 0.1) is 16.0 Å². The number of carbonyl (C=O) groups excluding carboxylic acids is 3. The Morgan fingerprint density at radius 3 is 2.47 bits per heavy atom. The quantitative estimate of drug-likeness (QED) is 0.154. The first-order chi connectivity index (χ1) is 18.1. The lowest BCUT2D eigenvalue weighted by Gasteiger charge is -2.31. The van der Waals surface area contributed by atoms with Gasteiger partial charge in [0.15, 0.2) is 0 Å². The highest BCUT2D eigenvalue weighted by molar-refractivity contribution is 6.07. The van der Waals surface area contributed by atoms with Crippen molar-refractivity contribution < 1.29 is 33.9 Å². The van der Waals surface area contributed by atoms with E-state index in [1.165, 1.54) is 30.3 Å². The van der Waals surface area contributed by atoms with Crippen LogP contribution in [-0.4, -0.2) is 46.8 Å². The van der Waals surface area contributed by atoms with Gasteiger partial charge in [0, 0.05) is 41.6 Å². The number of esters is 2. The Morgan fingerprint density at radius 2 is 1.82 bits per heavy atom. The van der Waals surface area contributed by atoms with Crippen LogP contribution in [0.15, 0.2) is 64.8 Å². The van der Waals surface area contributed by atoms with Gasteiger partial charge in [-0.05, 0) is 57.0 Å². The van der Waals surface area contributed by atoms with E-state index in [4.69, 9.17) is 9.47 Å². The van der Waals surface area contributed by atoms with Gasteiger partial charge in [-0.1, -0.05) is 12.1 Å². The zero-order valence-corrected chi connectivity index (χ0v) is 21.3. The minimum Gasteiger partial charge on any atom is -0.508 e. The number of nitrogens with zero attached hydrogens (tertiary/aromatic N) is 2. The highest BCUT2D eigenvalue weighted by Gasteiger charge is 2.42. The largest absolute Gasteiger partial charge is 0.508 e. The molecule has 0 bridgehead atoms. The number of hydrogen-bond acceptors (Lipinski definition) is 9. The van der Waals surface area contributed by atoms with Gasteiger partial charge in [0.1, 0.15) is 11.7 Å². The molecule has 2 aromatic carbocycles. The van der Waals surface area contributed by atoms with Crippen LogP contribution in [0.1, 0.15) is 45.1 Å². The molecule has 2 atom stereocenters. The predicted octanol–water partition coefficient (Wildman–Crippen LogP) is 4.27. The maximum atomic E-state index is 13.3. The Hall–Kier alpha value is -4.54. The highest BCUT2D eigenvalue weighted by atomic mass is 16.6.